The second kappa shape index (κ2) is 2.57. The van der Waals surface area contributed by atoms with Gasteiger partial charge >= 0.3 is 5.65 Å². The average molecular weight is 158 g/mol. The van der Waals surface area contributed by atoms with Crippen molar-refractivity contribution in [1.82, 2.24) is 20.4 Å². The van der Waals surface area contributed by atoms with E-state index in [0.717, 1.165) is 11.2 Å². The van der Waals surface area contributed by atoms with Crippen molar-refractivity contribution in [3.63, 3.8) is 0 Å². The van der Waals surface area contributed by atoms with Crippen LogP contribution in [0.1, 0.15) is 0 Å². The van der Waals surface area contributed by atoms with E-state index in [1.165, 1.54) is 0 Å². The number of imidazole rings is 1. The van der Waals surface area contributed by atoms with Crippen LogP contribution >= 0.6 is 0 Å². The molecule has 2 aromatic heterocycles. The summed E-state index contributed by atoms with van der Waals surface area (Å²) < 4.78 is 0. The van der Waals surface area contributed by atoms with Gasteiger partial charge in [-0.05, 0) is 0 Å². The summed E-state index contributed by atoms with van der Waals surface area (Å²) in [7, 11) is 0. The van der Waals surface area contributed by atoms with Gasteiger partial charge < -0.3 is 12.4 Å². The maximum atomic E-state index is 3.69. The fourth-order valence-electron chi connectivity index (χ4n) is 0.664. The van der Waals surface area contributed by atoms with Gasteiger partial charge in [0.05, 0.1) is 6.20 Å². The Morgan fingerprint density at radius 1 is 1.50 bits per heavy atom. The maximum Gasteiger partial charge on any atom is 0.328 e. The van der Waals surface area contributed by atoms with Gasteiger partial charge in [0.2, 0.25) is 0 Å². The second-order valence-electron chi connectivity index (χ2n) is 1.63. The lowest BCUT2D eigenvalue weighted by Gasteiger charge is -1.70. The number of nitrogens with one attached hydrogen (secondary N) is 2. The minimum absolute atomic E-state index is 0. The van der Waals surface area contributed by atoms with Crippen molar-refractivity contribution in [3.8, 4) is 0 Å². The van der Waals surface area contributed by atoms with Gasteiger partial charge in [-0.2, -0.15) is 0 Å². The summed E-state index contributed by atoms with van der Waals surface area (Å²) in [4.78, 5) is 5.75. The van der Waals surface area contributed by atoms with Crippen molar-refractivity contribution in [2.45, 2.75) is 0 Å². The molecule has 0 radical (unpaired) electrons. The smallest absolute Gasteiger partial charge is 0.328 e. The van der Waals surface area contributed by atoms with Gasteiger partial charge in [-0.3, -0.25) is 4.98 Å². The molecule has 2 aromatic rings. The van der Waals surface area contributed by atoms with Crippen LogP contribution in [0.4, 0.5) is 0 Å². The first-order valence-corrected chi connectivity index (χ1v) is 2.50. The fraction of sp³-hybridized carbons (Fsp3) is 0. The number of hydrogen-bond donors (Lipinski definition) is 1. The van der Waals surface area contributed by atoms with Gasteiger partial charge in [-0.15, -0.1) is 5.10 Å². The van der Waals surface area contributed by atoms with Crippen LogP contribution in [0.25, 0.3) is 11.2 Å². The summed E-state index contributed by atoms with van der Waals surface area (Å²) in [6.07, 6.45) is 3.29. The van der Waals surface area contributed by atoms with Crippen molar-refractivity contribution < 1.29 is 17.4 Å². The Bertz CT molecular complexity index is 288. The standard InChI is InChI=1S/C4H3N5.ClH/c1-3-4(6-2-5-3)8-9-7-1;/h1-2H,(H,5,6,7,8);1H. The molecule has 0 bridgehead atoms. The molecule has 0 amide bonds. The molecule has 52 valence electrons. The van der Waals surface area contributed by atoms with E-state index < -0.39 is 0 Å². The number of hydrogen-bond acceptors (Lipinski definition) is 3. The molecule has 0 unspecified atom stereocenters. The molecule has 0 aliphatic rings. The number of H-pyrrole nitrogens is 2. The molecule has 0 atom stereocenters. The molecule has 0 aliphatic carbocycles. The minimum atomic E-state index is 0. The van der Waals surface area contributed by atoms with E-state index in [4.69, 9.17) is 0 Å². The number of fused-ring (bicyclic) bond motifs is 1. The molecule has 0 saturated carbocycles. The number of nitrogens with zero attached hydrogens (tertiary/aromatic N) is 3. The molecule has 0 aliphatic heterocycles. The van der Waals surface area contributed by atoms with Crippen molar-refractivity contribution in [1.29, 1.82) is 0 Å². The zero-order valence-corrected chi connectivity index (χ0v) is 5.63. The van der Waals surface area contributed by atoms with Crippen LogP contribution < -0.4 is 17.4 Å². The summed E-state index contributed by atoms with van der Waals surface area (Å²) in [5, 5.41) is 10.7. The Morgan fingerprint density at radius 2 is 2.40 bits per heavy atom. The highest BCUT2D eigenvalue weighted by Crippen LogP contribution is 1.93. The topological polar surface area (TPSA) is 68.6 Å². The van der Waals surface area contributed by atoms with Gasteiger partial charge in [-0.1, -0.05) is 0 Å². The van der Waals surface area contributed by atoms with Crippen molar-refractivity contribution in [2.24, 2.45) is 0 Å². The highest BCUT2D eigenvalue weighted by molar-refractivity contribution is 5.62. The first kappa shape index (κ1) is 6.88. The van der Waals surface area contributed by atoms with Crippen LogP contribution in [-0.2, 0) is 0 Å². The monoisotopic (exact) mass is 157 g/mol. The SMILES string of the molecule is [Cl-].c1[nH]c2cnnnc2[nH+]1. The van der Waals surface area contributed by atoms with Gasteiger partial charge in [0.15, 0.2) is 11.8 Å². The van der Waals surface area contributed by atoms with Crippen molar-refractivity contribution >= 4 is 11.2 Å². The van der Waals surface area contributed by atoms with E-state index in [1.807, 2.05) is 0 Å². The highest BCUT2D eigenvalue weighted by Gasteiger charge is 2.00. The number of aromatic amines is 2. The molecule has 2 heterocycles. The quantitative estimate of drug-likeness (QED) is 0.426. The molecule has 5 nitrogen and oxygen atoms in total. The number of rotatable bonds is 0. The summed E-state index contributed by atoms with van der Waals surface area (Å²) in [5.74, 6) is 0. The Hall–Kier alpha value is -1.23. The molecule has 2 N–H and O–H groups in total. The summed E-state index contributed by atoms with van der Waals surface area (Å²) >= 11 is 0. The zero-order chi connectivity index (χ0) is 6.10. The van der Waals surface area contributed by atoms with Crippen LogP contribution in [0.3, 0.4) is 0 Å². The molecule has 0 saturated heterocycles. The third kappa shape index (κ3) is 0.906. The van der Waals surface area contributed by atoms with E-state index in [1.54, 1.807) is 12.5 Å². The molecule has 0 aromatic carbocycles. The molecular weight excluding hydrogens is 154 g/mol. The summed E-state index contributed by atoms with van der Waals surface area (Å²) in [5.41, 5.74) is 1.59. The van der Waals surface area contributed by atoms with Gasteiger partial charge in [-0.25, -0.2) is 4.98 Å². The molecular formula is C4H4ClN5. The maximum absolute atomic E-state index is 3.69. The van der Waals surface area contributed by atoms with Gasteiger partial charge in [0, 0.05) is 10.3 Å². The number of aromatic nitrogens is 5. The van der Waals surface area contributed by atoms with Crippen LogP contribution in [0.2, 0.25) is 0 Å². The van der Waals surface area contributed by atoms with Crippen molar-refractivity contribution in [3.05, 3.63) is 12.5 Å². The molecule has 2 rings (SSSR count). The number of halogens is 1. The van der Waals surface area contributed by atoms with Crippen LogP contribution in [0.5, 0.6) is 0 Å². The Morgan fingerprint density at radius 3 is 3.20 bits per heavy atom. The lowest BCUT2D eigenvalue weighted by Crippen LogP contribution is -3.00. The van der Waals surface area contributed by atoms with E-state index in [9.17, 15) is 0 Å². The Balaban J connectivity index is 0.000000500. The Kier molecular flexibility index (Phi) is 1.77. The van der Waals surface area contributed by atoms with Gasteiger partial charge in [0.25, 0.3) is 0 Å². The van der Waals surface area contributed by atoms with E-state index in [0.29, 0.717) is 0 Å². The third-order valence-electron chi connectivity index (χ3n) is 1.07. The lowest BCUT2D eigenvalue weighted by atomic mass is 10.6. The predicted molar refractivity (Wildman–Crippen MR) is 28.2 cm³/mol. The summed E-state index contributed by atoms with van der Waals surface area (Å²) in [6, 6.07) is 0. The lowest BCUT2D eigenvalue weighted by molar-refractivity contribution is -0.347. The normalized spacial score (nSPS) is 9.20. The first-order valence-electron chi connectivity index (χ1n) is 2.50. The highest BCUT2D eigenvalue weighted by atomic mass is 35.5. The van der Waals surface area contributed by atoms with Crippen LogP contribution in [0.15, 0.2) is 12.5 Å². The third-order valence-corrected chi connectivity index (χ3v) is 1.07. The van der Waals surface area contributed by atoms with E-state index in [2.05, 4.69) is 25.4 Å². The molecule has 10 heavy (non-hydrogen) atoms. The average Bonchev–Trinajstić information content (AvgIpc) is 2.33. The van der Waals surface area contributed by atoms with Crippen LogP contribution in [0, 0.1) is 0 Å². The largest absolute Gasteiger partial charge is 1.00 e. The fourth-order valence-corrected chi connectivity index (χ4v) is 0.664. The Labute approximate surface area is 62.3 Å². The second-order valence-corrected chi connectivity index (χ2v) is 1.63. The van der Waals surface area contributed by atoms with Crippen molar-refractivity contribution in [2.75, 3.05) is 0 Å². The predicted octanol–water partition coefficient (Wildman–Crippen LogP) is -3.83. The zero-order valence-electron chi connectivity index (χ0n) is 4.87. The molecule has 0 fully saturated rings. The van der Waals surface area contributed by atoms with E-state index in [-0.39, 0.29) is 12.4 Å². The summed E-state index contributed by atoms with van der Waals surface area (Å²) in [6.45, 7) is 0. The minimum Gasteiger partial charge on any atom is -1.00 e. The molecule has 0 spiro atoms. The first-order chi connectivity index (χ1) is 4.47. The van der Waals surface area contributed by atoms with Crippen LogP contribution in [-0.4, -0.2) is 20.4 Å². The van der Waals surface area contributed by atoms with Gasteiger partial charge in [0.1, 0.15) is 0 Å². The van der Waals surface area contributed by atoms with E-state index >= 15 is 0 Å². The molecule has 6 heteroatoms.